The van der Waals surface area contributed by atoms with Crippen LogP contribution in [0.5, 0.6) is 0 Å². The minimum absolute atomic E-state index is 0.0854. The first-order chi connectivity index (χ1) is 6.72. The highest BCUT2D eigenvalue weighted by molar-refractivity contribution is 6.31. The molecule has 3 heteroatoms. The lowest BCUT2D eigenvalue weighted by molar-refractivity contribution is 0.704. The Morgan fingerprint density at radius 3 is 3.00 bits per heavy atom. The summed E-state index contributed by atoms with van der Waals surface area (Å²) in [6.45, 7) is 2.08. The van der Waals surface area contributed by atoms with Gasteiger partial charge in [-0.15, -0.1) is 0 Å². The Morgan fingerprint density at radius 1 is 1.50 bits per heavy atom. The van der Waals surface area contributed by atoms with Crippen molar-refractivity contribution < 1.29 is 0 Å². The summed E-state index contributed by atoms with van der Waals surface area (Å²) in [5.74, 6) is 0. The van der Waals surface area contributed by atoms with Crippen LogP contribution in [0.25, 0.3) is 10.9 Å². The number of aromatic nitrogens is 1. The quantitative estimate of drug-likeness (QED) is 0.782. The van der Waals surface area contributed by atoms with Crippen LogP contribution in [0.4, 0.5) is 0 Å². The molecule has 74 valence electrons. The van der Waals surface area contributed by atoms with Gasteiger partial charge in [-0.3, -0.25) is 0 Å². The van der Waals surface area contributed by atoms with Crippen molar-refractivity contribution in [1.82, 2.24) is 4.98 Å². The third-order valence-corrected chi connectivity index (χ3v) is 2.75. The number of aromatic amines is 1. The monoisotopic (exact) mass is 208 g/mol. The first-order valence-corrected chi connectivity index (χ1v) is 5.12. The van der Waals surface area contributed by atoms with E-state index in [1.54, 1.807) is 0 Å². The molecule has 0 amide bonds. The zero-order valence-electron chi connectivity index (χ0n) is 8.05. The van der Waals surface area contributed by atoms with Crippen LogP contribution < -0.4 is 5.73 Å². The Labute approximate surface area is 88.1 Å². The number of rotatable bonds is 2. The SMILES string of the molecule is CC[C@H](N)c1c[nH]c2ccc(Cl)cc12. The number of nitrogens with two attached hydrogens (primary N) is 1. The molecule has 2 nitrogen and oxygen atoms in total. The Kier molecular flexibility index (Phi) is 2.48. The number of hydrogen-bond acceptors (Lipinski definition) is 1. The zero-order chi connectivity index (χ0) is 10.1. The van der Waals surface area contributed by atoms with Gasteiger partial charge in [0.25, 0.3) is 0 Å². The predicted molar refractivity (Wildman–Crippen MR) is 60.5 cm³/mol. The fourth-order valence-electron chi connectivity index (χ4n) is 1.64. The van der Waals surface area contributed by atoms with Crippen LogP contribution in [0, 0.1) is 0 Å². The normalized spacial score (nSPS) is 13.4. The van der Waals surface area contributed by atoms with Gasteiger partial charge in [0.1, 0.15) is 0 Å². The maximum atomic E-state index is 5.99. The van der Waals surface area contributed by atoms with E-state index in [9.17, 15) is 0 Å². The van der Waals surface area contributed by atoms with E-state index in [4.69, 9.17) is 17.3 Å². The van der Waals surface area contributed by atoms with Gasteiger partial charge in [-0.2, -0.15) is 0 Å². The van der Waals surface area contributed by atoms with E-state index < -0.39 is 0 Å². The lowest BCUT2D eigenvalue weighted by Crippen LogP contribution is -2.07. The van der Waals surface area contributed by atoms with Crippen LogP contribution in [-0.4, -0.2) is 4.98 Å². The van der Waals surface area contributed by atoms with E-state index >= 15 is 0 Å². The van der Waals surface area contributed by atoms with E-state index in [0.29, 0.717) is 0 Å². The molecular formula is C11H13ClN2. The number of benzene rings is 1. The van der Waals surface area contributed by atoms with Crippen LogP contribution in [0.15, 0.2) is 24.4 Å². The third-order valence-electron chi connectivity index (χ3n) is 2.52. The Morgan fingerprint density at radius 2 is 2.29 bits per heavy atom. The minimum Gasteiger partial charge on any atom is -0.361 e. The number of H-pyrrole nitrogens is 1. The van der Waals surface area contributed by atoms with Crippen molar-refractivity contribution in [3.05, 3.63) is 35.0 Å². The molecule has 0 saturated heterocycles. The first-order valence-electron chi connectivity index (χ1n) is 4.74. The fourth-order valence-corrected chi connectivity index (χ4v) is 1.81. The summed E-state index contributed by atoms with van der Waals surface area (Å²) in [5.41, 5.74) is 8.23. The average molecular weight is 209 g/mol. The molecular weight excluding hydrogens is 196 g/mol. The molecule has 0 bridgehead atoms. The highest BCUT2D eigenvalue weighted by atomic mass is 35.5. The maximum absolute atomic E-state index is 5.99. The van der Waals surface area contributed by atoms with Crippen LogP contribution in [0.3, 0.4) is 0 Å². The van der Waals surface area contributed by atoms with Crippen molar-refractivity contribution >= 4 is 22.5 Å². The molecule has 0 aliphatic rings. The summed E-state index contributed by atoms with van der Waals surface area (Å²) in [4.78, 5) is 3.19. The third kappa shape index (κ3) is 1.51. The fraction of sp³-hybridized carbons (Fsp3) is 0.273. The molecule has 1 aromatic carbocycles. The molecule has 0 aliphatic heterocycles. The van der Waals surface area contributed by atoms with E-state index in [2.05, 4.69) is 11.9 Å². The van der Waals surface area contributed by atoms with Gasteiger partial charge in [-0.1, -0.05) is 18.5 Å². The largest absolute Gasteiger partial charge is 0.361 e. The van der Waals surface area contributed by atoms with Gasteiger partial charge < -0.3 is 10.7 Å². The van der Waals surface area contributed by atoms with Crippen LogP contribution >= 0.6 is 11.6 Å². The van der Waals surface area contributed by atoms with Crippen molar-refractivity contribution in [1.29, 1.82) is 0 Å². The number of hydrogen-bond donors (Lipinski definition) is 2. The molecule has 1 heterocycles. The van der Waals surface area contributed by atoms with E-state index in [-0.39, 0.29) is 6.04 Å². The van der Waals surface area contributed by atoms with E-state index in [1.807, 2.05) is 24.4 Å². The molecule has 0 aliphatic carbocycles. The summed E-state index contributed by atoms with van der Waals surface area (Å²) < 4.78 is 0. The number of fused-ring (bicyclic) bond motifs is 1. The number of nitrogens with one attached hydrogen (secondary N) is 1. The van der Waals surface area contributed by atoms with Gasteiger partial charge in [-0.05, 0) is 30.2 Å². The highest BCUT2D eigenvalue weighted by Crippen LogP contribution is 2.26. The van der Waals surface area contributed by atoms with Gasteiger partial charge >= 0.3 is 0 Å². The maximum Gasteiger partial charge on any atom is 0.0458 e. The molecule has 3 N–H and O–H groups in total. The van der Waals surface area contributed by atoms with Crippen molar-refractivity contribution in [2.75, 3.05) is 0 Å². The Hall–Kier alpha value is -0.990. The summed E-state index contributed by atoms with van der Waals surface area (Å²) in [7, 11) is 0. The molecule has 2 aromatic rings. The highest BCUT2D eigenvalue weighted by Gasteiger charge is 2.09. The molecule has 0 unspecified atom stereocenters. The van der Waals surface area contributed by atoms with E-state index in [0.717, 1.165) is 27.9 Å². The molecule has 0 saturated carbocycles. The van der Waals surface area contributed by atoms with Crippen molar-refractivity contribution in [2.24, 2.45) is 5.73 Å². The van der Waals surface area contributed by atoms with Crippen molar-refractivity contribution in [2.45, 2.75) is 19.4 Å². The van der Waals surface area contributed by atoms with Gasteiger partial charge in [0.15, 0.2) is 0 Å². The van der Waals surface area contributed by atoms with Gasteiger partial charge in [-0.25, -0.2) is 0 Å². The van der Waals surface area contributed by atoms with Crippen molar-refractivity contribution in [3.63, 3.8) is 0 Å². The second-order valence-corrected chi connectivity index (χ2v) is 3.89. The Balaban J connectivity index is 2.61. The van der Waals surface area contributed by atoms with Crippen LogP contribution in [0.2, 0.25) is 5.02 Å². The minimum atomic E-state index is 0.0854. The van der Waals surface area contributed by atoms with Crippen molar-refractivity contribution in [3.8, 4) is 0 Å². The Bertz CT molecular complexity index is 447. The predicted octanol–water partition coefficient (Wildman–Crippen LogP) is 3.23. The number of halogens is 1. The molecule has 2 rings (SSSR count). The molecule has 0 spiro atoms. The van der Waals surface area contributed by atoms with Gasteiger partial charge in [0.2, 0.25) is 0 Å². The molecule has 1 atom stereocenters. The van der Waals surface area contributed by atoms with E-state index in [1.165, 1.54) is 0 Å². The smallest absolute Gasteiger partial charge is 0.0458 e. The van der Waals surface area contributed by atoms with Gasteiger partial charge in [0, 0.05) is 28.2 Å². The van der Waals surface area contributed by atoms with Crippen LogP contribution in [0.1, 0.15) is 24.9 Å². The lowest BCUT2D eigenvalue weighted by Gasteiger charge is -2.06. The summed E-state index contributed by atoms with van der Waals surface area (Å²) in [6.07, 6.45) is 2.90. The lowest BCUT2D eigenvalue weighted by atomic mass is 10.0. The molecule has 0 radical (unpaired) electrons. The molecule has 14 heavy (non-hydrogen) atoms. The second kappa shape index (κ2) is 3.64. The topological polar surface area (TPSA) is 41.8 Å². The molecule has 0 fully saturated rings. The summed E-state index contributed by atoms with van der Waals surface area (Å²) in [6, 6.07) is 5.89. The van der Waals surface area contributed by atoms with Crippen LogP contribution in [-0.2, 0) is 0 Å². The summed E-state index contributed by atoms with van der Waals surface area (Å²) in [5, 5.41) is 1.88. The average Bonchev–Trinajstić information content (AvgIpc) is 2.59. The molecule has 1 aromatic heterocycles. The second-order valence-electron chi connectivity index (χ2n) is 3.45. The standard InChI is InChI=1S/C11H13ClN2/c1-2-10(13)9-6-14-11-4-3-7(12)5-8(9)11/h3-6,10,14H,2,13H2,1H3/t10-/m0/s1. The van der Waals surface area contributed by atoms with Gasteiger partial charge in [0.05, 0.1) is 0 Å². The zero-order valence-corrected chi connectivity index (χ0v) is 8.81. The summed E-state index contributed by atoms with van der Waals surface area (Å²) >= 11 is 5.94. The first kappa shape index (κ1) is 9.56.